The molecule has 1 amide bonds. The quantitative estimate of drug-likeness (QED) is 0.746. The van der Waals surface area contributed by atoms with Crippen LogP contribution in [-0.2, 0) is 0 Å². The third-order valence-corrected chi connectivity index (χ3v) is 3.79. The first-order valence-electron chi connectivity index (χ1n) is 8.36. The summed E-state index contributed by atoms with van der Waals surface area (Å²) in [5.74, 6) is 0.830. The second kappa shape index (κ2) is 9.18. The topological polar surface area (TPSA) is 50.4 Å². The van der Waals surface area contributed by atoms with Crippen LogP contribution >= 0.6 is 12.2 Å². The third-order valence-electron chi connectivity index (χ3n) is 3.59. The molecule has 2 rings (SSSR count). The van der Waals surface area contributed by atoms with Gasteiger partial charge in [-0.2, -0.15) is 0 Å². The standard InChI is InChI=1S/C20H24N2O2S/c1-14(2)11-12-24-18-10-5-4-9-17(18)19(23)22-20(25)21-16-8-6-7-15(3)13-16/h4-10,13-14H,11-12H2,1-3H3,(H2,21,22,23,25). The second-order valence-corrected chi connectivity index (χ2v) is 6.71. The van der Waals surface area contributed by atoms with Crippen LogP contribution in [0.4, 0.5) is 5.69 Å². The van der Waals surface area contributed by atoms with E-state index in [1.165, 1.54) is 0 Å². The lowest BCUT2D eigenvalue weighted by Crippen LogP contribution is -2.34. The van der Waals surface area contributed by atoms with Crippen LogP contribution in [0.2, 0.25) is 0 Å². The number of hydrogen-bond acceptors (Lipinski definition) is 3. The van der Waals surface area contributed by atoms with Crippen LogP contribution in [0, 0.1) is 12.8 Å². The molecule has 0 unspecified atom stereocenters. The third kappa shape index (κ3) is 6.19. The Bertz CT molecular complexity index is 744. The van der Waals surface area contributed by atoms with Gasteiger partial charge in [-0.1, -0.05) is 38.1 Å². The molecule has 2 aromatic carbocycles. The number of nitrogens with one attached hydrogen (secondary N) is 2. The van der Waals surface area contributed by atoms with Crippen molar-refractivity contribution >= 4 is 28.9 Å². The van der Waals surface area contributed by atoms with Crippen LogP contribution < -0.4 is 15.4 Å². The van der Waals surface area contributed by atoms with E-state index in [0.717, 1.165) is 17.7 Å². The molecular weight excluding hydrogens is 332 g/mol. The van der Waals surface area contributed by atoms with E-state index in [1.54, 1.807) is 18.2 Å². The van der Waals surface area contributed by atoms with Gasteiger partial charge in [0, 0.05) is 5.69 Å². The number of hydrogen-bond donors (Lipinski definition) is 2. The van der Waals surface area contributed by atoms with Gasteiger partial charge < -0.3 is 10.1 Å². The fourth-order valence-corrected chi connectivity index (χ4v) is 2.45. The smallest absolute Gasteiger partial charge is 0.261 e. The van der Waals surface area contributed by atoms with E-state index in [1.807, 2.05) is 37.3 Å². The van der Waals surface area contributed by atoms with E-state index in [0.29, 0.717) is 23.8 Å². The molecule has 0 bridgehead atoms. The first kappa shape index (κ1) is 18.9. The van der Waals surface area contributed by atoms with Crippen molar-refractivity contribution < 1.29 is 9.53 Å². The number of aryl methyl sites for hydroxylation is 1. The second-order valence-electron chi connectivity index (χ2n) is 6.30. The summed E-state index contributed by atoms with van der Waals surface area (Å²) in [5, 5.41) is 5.98. The van der Waals surface area contributed by atoms with Crippen molar-refractivity contribution in [2.24, 2.45) is 5.92 Å². The highest BCUT2D eigenvalue weighted by Crippen LogP contribution is 2.19. The van der Waals surface area contributed by atoms with Crippen molar-refractivity contribution in [3.8, 4) is 5.75 Å². The molecule has 2 aromatic rings. The Hall–Kier alpha value is -2.40. The molecule has 5 heteroatoms. The average Bonchev–Trinajstić information content (AvgIpc) is 2.54. The highest BCUT2D eigenvalue weighted by molar-refractivity contribution is 7.80. The van der Waals surface area contributed by atoms with Crippen LogP contribution in [0.5, 0.6) is 5.75 Å². The molecule has 0 saturated carbocycles. The van der Waals surface area contributed by atoms with Crippen LogP contribution in [0.25, 0.3) is 0 Å². The maximum Gasteiger partial charge on any atom is 0.261 e. The first-order valence-corrected chi connectivity index (χ1v) is 8.77. The van der Waals surface area contributed by atoms with E-state index in [9.17, 15) is 4.79 Å². The molecule has 0 saturated heterocycles. The SMILES string of the molecule is Cc1cccc(NC(=S)NC(=O)c2ccccc2OCCC(C)C)c1. The summed E-state index contributed by atoms with van der Waals surface area (Å²) >= 11 is 5.24. The van der Waals surface area contributed by atoms with Crippen molar-refractivity contribution in [2.75, 3.05) is 11.9 Å². The van der Waals surface area contributed by atoms with Gasteiger partial charge in [-0.15, -0.1) is 0 Å². The minimum atomic E-state index is -0.287. The summed E-state index contributed by atoms with van der Waals surface area (Å²) in [4.78, 5) is 12.5. The van der Waals surface area contributed by atoms with Crippen LogP contribution in [0.3, 0.4) is 0 Å². The predicted molar refractivity (Wildman–Crippen MR) is 106 cm³/mol. The normalized spacial score (nSPS) is 10.4. The molecule has 4 nitrogen and oxygen atoms in total. The number of benzene rings is 2. The highest BCUT2D eigenvalue weighted by Gasteiger charge is 2.13. The molecule has 0 atom stereocenters. The van der Waals surface area contributed by atoms with E-state index in [2.05, 4.69) is 24.5 Å². The molecule has 0 spiro atoms. The van der Waals surface area contributed by atoms with Gasteiger partial charge in [-0.3, -0.25) is 10.1 Å². The Labute approximate surface area is 154 Å². The molecule has 0 aliphatic carbocycles. The Morgan fingerprint density at radius 3 is 2.64 bits per heavy atom. The average molecular weight is 356 g/mol. The maximum absolute atomic E-state index is 12.5. The number of carbonyl (C=O) groups is 1. The molecular formula is C20H24N2O2S. The Morgan fingerprint density at radius 1 is 1.16 bits per heavy atom. The zero-order chi connectivity index (χ0) is 18.2. The van der Waals surface area contributed by atoms with E-state index in [4.69, 9.17) is 17.0 Å². The molecule has 0 radical (unpaired) electrons. The monoisotopic (exact) mass is 356 g/mol. The highest BCUT2D eigenvalue weighted by atomic mass is 32.1. The summed E-state index contributed by atoms with van der Waals surface area (Å²) in [6.07, 6.45) is 0.934. The van der Waals surface area contributed by atoms with E-state index >= 15 is 0 Å². The Kier molecular flexibility index (Phi) is 6.95. The maximum atomic E-state index is 12.5. The van der Waals surface area contributed by atoms with E-state index in [-0.39, 0.29) is 11.0 Å². The summed E-state index contributed by atoms with van der Waals surface area (Å²) in [6, 6.07) is 15.0. The largest absolute Gasteiger partial charge is 0.493 e. The lowest BCUT2D eigenvalue weighted by molar-refractivity contribution is 0.0973. The van der Waals surface area contributed by atoms with Crippen molar-refractivity contribution in [2.45, 2.75) is 27.2 Å². The number of amides is 1. The fraction of sp³-hybridized carbons (Fsp3) is 0.300. The molecule has 0 aliphatic heterocycles. The molecule has 0 aromatic heterocycles. The van der Waals surface area contributed by atoms with Gasteiger partial charge in [-0.25, -0.2) is 0 Å². The molecule has 2 N–H and O–H groups in total. The van der Waals surface area contributed by atoms with Crippen LogP contribution in [0.1, 0.15) is 36.2 Å². The molecule has 25 heavy (non-hydrogen) atoms. The number of rotatable bonds is 6. The van der Waals surface area contributed by atoms with Gasteiger partial charge in [0.25, 0.3) is 5.91 Å². The zero-order valence-electron chi connectivity index (χ0n) is 14.8. The summed E-state index contributed by atoms with van der Waals surface area (Å²) in [5.41, 5.74) is 2.43. The van der Waals surface area contributed by atoms with E-state index < -0.39 is 0 Å². The van der Waals surface area contributed by atoms with Crippen molar-refractivity contribution in [3.63, 3.8) is 0 Å². The molecule has 0 fully saturated rings. The Morgan fingerprint density at radius 2 is 1.92 bits per heavy atom. The summed E-state index contributed by atoms with van der Waals surface area (Å²) in [6.45, 7) is 6.85. The van der Waals surface area contributed by atoms with Gasteiger partial charge in [0.05, 0.1) is 12.2 Å². The first-order chi connectivity index (χ1) is 12.0. The van der Waals surface area contributed by atoms with Gasteiger partial charge in [-0.05, 0) is 61.3 Å². The van der Waals surface area contributed by atoms with Crippen molar-refractivity contribution in [3.05, 3.63) is 59.7 Å². The summed E-state index contributed by atoms with van der Waals surface area (Å²) in [7, 11) is 0. The number of para-hydroxylation sites is 1. The van der Waals surface area contributed by atoms with Crippen molar-refractivity contribution in [1.29, 1.82) is 0 Å². The van der Waals surface area contributed by atoms with Gasteiger partial charge >= 0.3 is 0 Å². The summed E-state index contributed by atoms with van der Waals surface area (Å²) < 4.78 is 5.76. The number of anilines is 1. The van der Waals surface area contributed by atoms with Crippen molar-refractivity contribution in [1.82, 2.24) is 5.32 Å². The predicted octanol–water partition coefficient (Wildman–Crippen LogP) is 4.55. The van der Waals surface area contributed by atoms with Gasteiger partial charge in [0.2, 0.25) is 0 Å². The molecule has 0 heterocycles. The molecule has 132 valence electrons. The van der Waals surface area contributed by atoms with Crippen LogP contribution in [0.15, 0.2) is 48.5 Å². The lowest BCUT2D eigenvalue weighted by atomic mass is 10.1. The van der Waals surface area contributed by atoms with Crippen LogP contribution in [-0.4, -0.2) is 17.6 Å². The number of ether oxygens (including phenoxy) is 1. The lowest BCUT2D eigenvalue weighted by Gasteiger charge is -2.14. The fourth-order valence-electron chi connectivity index (χ4n) is 2.24. The minimum absolute atomic E-state index is 0.257. The number of thiocarbonyl (C=S) groups is 1. The van der Waals surface area contributed by atoms with Gasteiger partial charge in [0.1, 0.15) is 5.75 Å². The molecule has 0 aliphatic rings. The Balaban J connectivity index is 1.99. The number of carbonyl (C=O) groups excluding carboxylic acids is 1. The zero-order valence-corrected chi connectivity index (χ0v) is 15.7. The minimum Gasteiger partial charge on any atom is -0.493 e. The van der Waals surface area contributed by atoms with Gasteiger partial charge in [0.15, 0.2) is 5.11 Å².